The van der Waals surface area contributed by atoms with Crippen molar-refractivity contribution in [1.82, 2.24) is 19.5 Å². The molecule has 1 aliphatic carbocycles. The second-order valence-electron chi connectivity index (χ2n) is 7.96. The molecule has 3 aromatic heterocycles. The van der Waals surface area contributed by atoms with Crippen LogP contribution in [0.4, 0.5) is 5.13 Å². The number of thiazole rings is 1. The minimum atomic E-state index is -3.30. The average Bonchev–Trinajstić information content (AvgIpc) is 3.31. The number of anilines is 1. The fraction of sp³-hybridized carbons (Fsp3) is 0.381. The molecule has 0 aliphatic heterocycles. The number of imidazole rings is 1. The number of hydrogen-bond acceptors (Lipinski definition) is 7. The van der Waals surface area contributed by atoms with E-state index < -0.39 is 9.84 Å². The Morgan fingerprint density at radius 3 is 2.77 bits per heavy atom. The maximum absolute atomic E-state index is 11.7. The van der Waals surface area contributed by atoms with E-state index in [0.29, 0.717) is 23.8 Å². The Kier molecular flexibility index (Phi) is 4.94. The Balaban J connectivity index is 1.38. The molecule has 7 nitrogen and oxygen atoms in total. The lowest BCUT2D eigenvalue weighted by Crippen LogP contribution is -2.21. The third-order valence-corrected chi connectivity index (χ3v) is 7.63. The zero-order chi connectivity index (χ0) is 20.7. The molecule has 3 heterocycles. The van der Waals surface area contributed by atoms with E-state index in [1.807, 2.05) is 4.57 Å². The molecule has 0 atom stereocenters. The number of nitrogens with zero attached hydrogens (tertiary/aromatic N) is 4. The lowest BCUT2D eigenvalue weighted by molar-refractivity contribution is 0.462. The topological polar surface area (TPSA) is 89.8 Å². The van der Waals surface area contributed by atoms with Gasteiger partial charge in [-0.1, -0.05) is 36.7 Å². The van der Waals surface area contributed by atoms with Gasteiger partial charge in [-0.2, -0.15) is 0 Å². The minimum absolute atomic E-state index is 0.185. The molecular weight excluding hydrogens is 418 g/mol. The van der Waals surface area contributed by atoms with Gasteiger partial charge < -0.3 is 9.88 Å². The summed E-state index contributed by atoms with van der Waals surface area (Å²) in [5, 5.41) is 4.61. The largest absolute Gasteiger partial charge is 0.359 e. The standard InChI is InChI=1S/C21H23N5O2S2/c1-30(27,28)16-10-18-20(22-11-16)26(13-23-18)12-14-7-8-17-19(9-14)29-21(25-17)24-15-5-3-2-4-6-15/h7-11,13,15H,2-6,12H2,1H3,(H,24,25). The molecule has 1 aromatic carbocycles. The Bertz CT molecular complexity index is 1320. The summed E-state index contributed by atoms with van der Waals surface area (Å²) < 4.78 is 26.6. The van der Waals surface area contributed by atoms with E-state index in [1.165, 1.54) is 44.6 Å². The maximum atomic E-state index is 11.7. The van der Waals surface area contributed by atoms with Gasteiger partial charge in [0.1, 0.15) is 5.52 Å². The molecule has 30 heavy (non-hydrogen) atoms. The van der Waals surface area contributed by atoms with Crippen LogP contribution in [-0.4, -0.2) is 40.2 Å². The van der Waals surface area contributed by atoms with Crippen LogP contribution >= 0.6 is 11.3 Å². The van der Waals surface area contributed by atoms with Crippen LogP contribution in [-0.2, 0) is 16.4 Å². The van der Waals surface area contributed by atoms with Crippen LogP contribution < -0.4 is 5.32 Å². The molecule has 1 N–H and O–H groups in total. The fourth-order valence-corrected chi connectivity index (χ4v) is 5.57. The first-order valence-corrected chi connectivity index (χ1v) is 12.8. The van der Waals surface area contributed by atoms with Gasteiger partial charge >= 0.3 is 0 Å². The predicted octanol–water partition coefficient (Wildman–Crippen LogP) is 4.24. The van der Waals surface area contributed by atoms with Crippen LogP contribution in [0, 0.1) is 0 Å². The fourth-order valence-electron chi connectivity index (χ4n) is 4.00. The van der Waals surface area contributed by atoms with Crippen LogP contribution in [0.15, 0.2) is 41.7 Å². The Hall–Kier alpha value is -2.52. The van der Waals surface area contributed by atoms with Gasteiger partial charge in [-0.25, -0.2) is 23.4 Å². The van der Waals surface area contributed by atoms with E-state index in [0.717, 1.165) is 20.9 Å². The summed E-state index contributed by atoms with van der Waals surface area (Å²) >= 11 is 1.70. The number of fused-ring (bicyclic) bond motifs is 2. The van der Waals surface area contributed by atoms with Crippen molar-refractivity contribution in [3.8, 4) is 0 Å². The zero-order valence-corrected chi connectivity index (χ0v) is 18.3. The van der Waals surface area contributed by atoms with Crippen molar-refractivity contribution in [3.05, 3.63) is 42.4 Å². The van der Waals surface area contributed by atoms with Crippen molar-refractivity contribution >= 4 is 47.7 Å². The SMILES string of the molecule is CS(=O)(=O)c1cnc2c(c1)ncn2Cc1ccc2nc(NC3CCCCC3)sc2c1. The van der Waals surface area contributed by atoms with E-state index in [9.17, 15) is 8.42 Å². The summed E-state index contributed by atoms with van der Waals surface area (Å²) in [6.07, 6.45) is 10.7. The third kappa shape index (κ3) is 3.91. The molecule has 0 radical (unpaired) electrons. The molecule has 0 saturated heterocycles. The average molecular weight is 442 g/mol. The van der Waals surface area contributed by atoms with Crippen molar-refractivity contribution in [2.75, 3.05) is 11.6 Å². The summed E-state index contributed by atoms with van der Waals surface area (Å²) in [4.78, 5) is 13.6. The number of sulfone groups is 1. The van der Waals surface area contributed by atoms with E-state index in [4.69, 9.17) is 4.98 Å². The van der Waals surface area contributed by atoms with E-state index in [-0.39, 0.29) is 4.90 Å². The van der Waals surface area contributed by atoms with Gasteiger partial charge in [0.25, 0.3) is 0 Å². The molecule has 0 amide bonds. The molecule has 156 valence electrons. The van der Waals surface area contributed by atoms with E-state index >= 15 is 0 Å². The first-order chi connectivity index (χ1) is 14.5. The molecule has 1 aliphatic rings. The monoisotopic (exact) mass is 441 g/mol. The van der Waals surface area contributed by atoms with Crippen LogP contribution in [0.2, 0.25) is 0 Å². The molecule has 1 fully saturated rings. The summed E-state index contributed by atoms with van der Waals surface area (Å²) in [7, 11) is -3.30. The first kappa shape index (κ1) is 19.4. The summed E-state index contributed by atoms with van der Waals surface area (Å²) in [6, 6.07) is 8.41. The van der Waals surface area contributed by atoms with Crippen LogP contribution in [0.25, 0.3) is 21.4 Å². The van der Waals surface area contributed by atoms with Gasteiger partial charge in [0.05, 0.1) is 28.0 Å². The predicted molar refractivity (Wildman–Crippen MR) is 120 cm³/mol. The van der Waals surface area contributed by atoms with Gasteiger partial charge in [0.2, 0.25) is 0 Å². The number of nitrogens with one attached hydrogen (secondary N) is 1. The highest BCUT2D eigenvalue weighted by atomic mass is 32.2. The van der Waals surface area contributed by atoms with Crippen molar-refractivity contribution in [2.45, 2.75) is 49.6 Å². The maximum Gasteiger partial charge on any atom is 0.184 e. The number of pyridine rings is 1. The summed E-state index contributed by atoms with van der Waals surface area (Å²) in [6.45, 7) is 0.612. The lowest BCUT2D eigenvalue weighted by atomic mass is 9.96. The van der Waals surface area contributed by atoms with Crippen molar-refractivity contribution < 1.29 is 8.42 Å². The molecule has 0 bridgehead atoms. The second kappa shape index (κ2) is 7.63. The zero-order valence-electron chi connectivity index (χ0n) is 16.7. The van der Waals surface area contributed by atoms with Gasteiger partial charge in [0.15, 0.2) is 20.6 Å². The molecule has 9 heteroatoms. The molecule has 1 saturated carbocycles. The third-order valence-electron chi connectivity index (χ3n) is 5.60. The van der Waals surface area contributed by atoms with Crippen LogP contribution in [0.1, 0.15) is 37.7 Å². The van der Waals surface area contributed by atoms with Crippen LogP contribution in [0.5, 0.6) is 0 Å². The summed E-state index contributed by atoms with van der Waals surface area (Å²) in [5.74, 6) is 0. The van der Waals surface area contributed by atoms with Crippen molar-refractivity contribution in [3.63, 3.8) is 0 Å². The Morgan fingerprint density at radius 1 is 1.13 bits per heavy atom. The molecule has 0 spiro atoms. The van der Waals surface area contributed by atoms with Gasteiger partial charge in [0, 0.05) is 18.5 Å². The number of rotatable bonds is 5. The van der Waals surface area contributed by atoms with E-state index in [2.05, 4.69) is 33.5 Å². The quantitative estimate of drug-likeness (QED) is 0.498. The normalized spacial score (nSPS) is 15.8. The van der Waals surface area contributed by atoms with Gasteiger partial charge in [-0.15, -0.1) is 0 Å². The van der Waals surface area contributed by atoms with Crippen molar-refractivity contribution in [1.29, 1.82) is 0 Å². The van der Waals surface area contributed by atoms with Gasteiger partial charge in [-0.3, -0.25) is 0 Å². The van der Waals surface area contributed by atoms with Crippen LogP contribution in [0.3, 0.4) is 0 Å². The smallest absolute Gasteiger partial charge is 0.184 e. The summed E-state index contributed by atoms with van der Waals surface area (Å²) in [5.41, 5.74) is 3.39. The van der Waals surface area contributed by atoms with Gasteiger partial charge in [-0.05, 0) is 36.6 Å². The van der Waals surface area contributed by atoms with E-state index in [1.54, 1.807) is 23.7 Å². The first-order valence-electron chi connectivity index (χ1n) is 10.1. The number of hydrogen-bond donors (Lipinski definition) is 1. The second-order valence-corrected chi connectivity index (χ2v) is 11.0. The Morgan fingerprint density at radius 2 is 1.97 bits per heavy atom. The number of benzene rings is 1. The Labute approximate surface area is 179 Å². The molecule has 5 rings (SSSR count). The van der Waals surface area contributed by atoms with Crippen molar-refractivity contribution in [2.24, 2.45) is 0 Å². The minimum Gasteiger partial charge on any atom is -0.359 e. The lowest BCUT2D eigenvalue weighted by Gasteiger charge is -2.22. The highest BCUT2D eigenvalue weighted by Gasteiger charge is 2.16. The molecular formula is C21H23N5O2S2. The molecule has 4 aromatic rings. The molecule has 0 unspecified atom stereocenters. The highest BCUT2D eigenvalue weighted by molar-refractivity contribution is 7.90. The number of aromatic nitrogens is 4. The highest BCUT2D eigenvalue weighted by Crippen LogP contribution is 2.30.